The van der Waals surface area contributed by atoms with Gasteiger partial charge in [0.15, 0.2) is 5.11 Å². The Kier molecular flexibility index (Phi) is 3.77. The van der Waals surface area contributed by atoms with Gasteiger partial charge < -0.3 is 10.6 Å². The smallest absolute Gasteiger partial charge is 0.171 e. The van der Waals surface area contributed by atoms with E-state index in [9.17, 15) is 0 Å². The van der Waals surface area contributed by atoms with E-state index < -0.39 is 0 Å². The summed E-state index contributed by atoms with van der Waals surface area (Å²) in [6.45, 7) is 0. The molecule has 0 radical (unpaired) electrons. The standard InChI is InChI=1S/C11H18N4S/c1-12-11(16)14-10-7-8-13-15(10)9-5-3-2-4-6-9/h7-9H,2-6H2,1H3,(H2,12,14,16). The van der Waals surface area contributed by atoms with Gasteiger partial charge in [-0.15, -0.1) is 0 Å². The molecule has 0 atom stereocenters. The van der Waals surface area contributed by atoms with Gasteiger partial charge in [-0.1, -0.05) is 19.3 Å². The van der Waals surface area contributed by atoms with E-state index in [1.165, 1.54) is 32.1 Å². The van der Waals surface area contributed by atoms with Gasteiger partial charge in [0, 0.05) is 13.1 Å². The molecule has 1 aromatic heterocycles. The summed E-state index contributed by atoms with van der Waals surface area (Å²) in [6.07, 6.45) is 8.25. The van der Waals surface area contributed by atoms with Crippen LogP contribution in [0.5, 0.6) is 0 Å². The van der Waals surface area contributed by atoms with Crippen molar-refractivity contribution >= 4 is 23.1 Å². The van der Waals surface area contributed by atoms with Crippen LogP contribution in [0.3, 0.4) is 0 Å². The van der Waals surface area contributed by atoms with E-state index in [1.807, 2.05) is 19.3 Å². The molecule has 1 fully saturated rings. The molecule has 0 spiro atoms. The monoisotopic (exact) mass is 238 g/mol. The van der Waals surface area contributed by atoms with Crippen molar-refractivity contribution in [2.45, 2.75) is 38.1 Å². The third kappa shape index (κ3) is 2.52. The van der Waals surface area contributed by atoms with Crippen molar-refractivity contribution in [2.24, 2.45) is 0 Å². The largest absolute Gasteiger partial charge is 0.365 e. The van der Waals surface area contributed by atoms with Crippen LogP contribution >= 0.6 is 12.2 Å². The van der Waals surface area contributed by atoms with Gasteiger partial charge in [-0.25, -0.2) is 4.68 Å². The highest BCUT2D eigenvalue weighted by molar-refractivity contribution is 7.80. The van der Waals surface area contributed by atoms with Crippen molar-refractivity contribution in [3.8, 4) is 0 Å². The molecule has 0 aromatic carbocycles. The van der Waals surface area contributed by atoms with Gasteiger partial charge in [0.2, 0.25) is 0 Å². The molecule has 1 aromatic rings. The van der Waals surface area contributed by atoms with Crippen LogP contribution in [0.2, 0.25) is 0 Å². The van der Waals surface area contributed by atoms with Crippen molar-refractivity contribution in [1.29, 1.82) is 0 Å². The third-order valence-electron chi connectivity index (χ3n) is 3.06. The predicted molar refractivity (Wildman–Crippen MR) is 69.6 cm³/mol. The van der Waals surface area contributed by atoms with E-state index in [0.717, 1.165) is 5.82 Å². The van der Waals surface area contributed by atoms with Gasteiger partial charge in [-0.05, 0) is 25.1 Å². The topological polar surface area (TPSA) is 41.9 Å². The number of hydrogen-bond donors (Lipinski definition) is 2. The maximum absolute atomic E-state index is 5.10. The van der Waals surface area contributed by atoms with Crippen LogP contribution in [0.1, 0.15) is 38.1 Å². The highest BCUT2D eigenvalue weighted by Crippen LogP contribution is 2.29. The fraction of sp³-hybridized carbons (Fsp3) is 0.636. The Morgan fingerprint density at radius 1 is 1.44 bits per heavy atom. The number of aromatic nitrogens is 2. The predicted octanol–water partition coefficient (Wildman–Crippen LogP) is 2.30. The summed E-state index contributed by atoms with van der Waals surface area (Å²) < 4.78 is 2.07. The Labute approximate surface area is 101 Å². The lowest BCUT2D eigenvalue weighted by Gasteiger charge is -2.24. The molecule has 0 unspecified atom stereocenters. The molecule has 4 nitrogen and oxygen atoms in total. The Bertz CT molecular complexity index is 355. The quantitative estimate of drug-likeness (QED) is 0.776. The normalized spacial score (nSPS) is 17.1. The molecule has 1 heterocycles. The van der Waals surface area contributed by atoms with E-state index >= 15 is 0 Å². The molecule has 0 aliphatic heterocycles. The van der Waals surface area contributed by atoms with E-state index in [0.29, 0.717) is 11.2 Å². The lowest BCUT2D eigenvalue weighted by molar-refractivity contribution is 0.333. The number of rotatable bonds is 2. The van der Waals surface area contributed by atoms with Gasteiger partial charge in [0.05, 0.1) is 12.2 Å². The highest BCUT2D eigenvalue weighted by atomic mass is 32.1. The molecule has 1 aliphatic rings. The summed E-state index contributed by atoms with van der Waals surface area (Å²) in [6, 6.07) is 2.50. The fourth-order valence-corrected chi connectivity index (χ4v) is 2.31. The minimum atomic E-state index is 0.533. The second-order valence-corrected chi connectivity index (χ2v) is 4.57. The minimum Gasteiger partial charge on any atom is -0.365 e. The SMILES string of the molecule is CNC(=S)Nc1ccnn1C1CCCCC1. The van der Waals surface area contributed by atoms with E-state index in [2.05, 4.69) is 20.4 Å². The van der Waals surface area contributed by atoms with Gasteiger partial charge in [0.1, 0.15) is 5.82 Å². The molecule has 5 heteroatoms. The Morgan fingerprint density at radius 3 is 2.88 bits per heavy atom. The lowest BCUT2D eigenvalue weighted by atomic mass is 9.96. The fourth-order valence-electron chi connectivity index (χ4n) is 2.21. The van der Waals surface area contributed by atoms with Crippen LogP contribution < -0.4 is 10.6 Å². The number of thiocarbonyl (C=S) groups is 1. The molecular weight excluding hydrogens is 220 g/mol. The summed E-state index contributed by atoms with van der Waals surface area (Å²) in [5.74, 6) is 0.992. The summed E-state index contributed by atoms with van der Waals surface area (Å²) in [5.41, 5.74) is 0. The van der Waals surface area contributed by atoms with E-state index in [-0.39, 0.29) is 0 Å². The summed E-state index contributed by atoms with van der Waals surface area (Å²) >= 11 is 5.10. The van der Waals surface area contributed by atoms with Crippen LogP contribution in [-0.4, -0.2) is 21.9 Å². The van der Waals surface area contributed by atoms with Gasteiger partial charge >= 0.3 is 0 Å². The molecular formula is C11H18N4S. The first-order valence-electron chi connectivity index (χ1n) is 5.83. The first-order chi connectivity index (χ1) is 7.81. The Hall–Kier alpha value is -1.10. The number of anilines is 1. The summed E-state index contributed by atoms with van der Waals surface area (Å²) in [5, 5.41) is 11.1. The highest BCUT2D eigenvalue weighted by Gasteiger charge is 2.18. The summed E-state index contributed by atoms with van der Waals surface area (Å²) in [7, 11) is 1.82. The van der Waals surface area contributed by atoms with Crippen LogP contribution in [0.15, 0.2) is 12.3 Å². The van der Waals surface area contributed by atoms with Crippen molar-refractivity contribution in [1.82, 2.24) is 15.1 Å². The third-order valence-corrected chi connectivity index (χ3v) is 3.37. The molecule has 2 rings (SSSR count). The zero-order valence-electron chi connectivity index (χ0n) is 9.57. The molecule has 1 aliphatic carbocycles. The second-order valence-electron chi connectivity index (χ2n) is 4.16. The van der Waals surface area contributed by atoms with Crippen LogP contribution in [0.25, 0.3) is 0 Å². The first-order valence-corrected chi connectivity index (χ1v) is 6.24. The maximum atomic E-state index is 5.10. The lowest BCUT2D eigenvalue weighted by Crippen LogP contribution is -2.27. The van der Waals surface area contributed by atoms with Crippen molar-refractivity contribution in [3.63, 3.8) is 0 Å². The molecule has 0 bridgehead atoms. The zero-order chi connectivity index (χ0) is 11.4. The van der Waals surface area contributed by atoms with Gasteiger partial charge in [-0.2, -0.15) is 5.10 Å². The maximum Gasteiger partial charge on any atom is 0.171 e. The van der Waals surface area contributed by atoms with Crippen molar-refractivity contribution < 1.29 is 0 Å². The molecule has 0 amide bonds. The minimum absolute atomic E-state index is 0.533. The second kappa shape index (κ2) is 5.30. The van der Waals surface area contributed by atoms with Crippen molar-refractivity contribution in [3.05, 3.63) is 12.3 Å². The number of nitrogens with zero attached hydrogens (tertiary/aromatic N) is 2. The molecule has 16 heavy (non-hydrogen) atoms. The van der Waals surface area contributed by atoms with Crippen molar-refractivity contribution in [2.75, 3.05) is 12.4 Å². The molecule has 88 valence electrons. The average Bonchev–Trinajstić information content (AvgIpc) is 2.78. The summed E-state index contributed by atoms with van der Waals surface area (Å²) in [4.78, 5) is 0. The van der Waals surface area contributed by atoms with Crippen LogP contribution in [0, 0.1) is 0 Å². The van der Waals surface area contributed by atoms with Crippen LogP contribution in [0.4, 0.5) is 5.82 Å². The molecule has 0 saturated heterocycles. The number of hydrogen-bond acceptors (Lipinski definition) is 2. The van der Waals surface area contributed by atoms with Gasteiger partial charge in [0.25, 0.3) is 0 Å². The molecule has 1 saturated carbocycles. The van der Waals surface area contributed by atoms with Crippen LogP contribution in [-0.2, 0) is 0 Å². The first kappa shape index (κ1) is 11.4. The Balaban J connectivity index is 2.08. The Morgan fingerprint density at radius 2 is 2.19 bits per heavy atom. The zero-order valence-corrected chi connectivity index (χ0v) is 10.4. The van der Waals surface area contributed by atoms with Gasteiger partial charge in [-0.3, -0.25) is 0 Å². The van der Waals surface area contributed by atoms with E-state index in [4.69, 9.17) is 12.2 Å². The van der Waals surface area contributed by atoms with E-state index in [1.54, 1.807) is 0 Å². The average molecular weight is 238 g/mol. The molecule has 2 N–H and O–H groups in total. The number of nitrogens with one attached hydrogen (secondary N) is 2.